The Balaban J connectivity index is 2.01. The number of piperidine rings is 1. The van der Waals surface area contributed by atoms with Gasteiger partial charge in [-0.2, -0.15) is 0 Å². The van der Waals surface area contributed by atoms with Crippen LogP contribution in [-0.4, -0.2) is 37.6 Å². The van der Waals surface area contributed by atoms with Gasteiger partial charge in [0.15, 0.2) is 6.54 Å². The van der Waals surface area contributed by atoms with Crippen LogP contribution in [0.5, 0.6) is 5.75 Å². The van der Waals surface area contributed by atoms with E-state index in [9.17, 15) is 14.9 Å². The number of methoxy groups -OCH3 is 1. The molecule has 7 heteroatoms. The SMILES string of the molecule is COc1cc([N+](=O)[O-])ccc1NC(=O)C[NH+]1C[C@H](C)C[C@@H](C)C1. The minimum Gasteiger partial charge on any atom is -0.494 e. The summed E-state index contributed by atoms with van der Waals surface area (Å²) in [6.45, 7) is 6.82. The number of nitrogens with one attached hydrogen (secondary N) is 2. The number of hydrogen-bond donors (Lipinski definition) is 2. The molecule has 1 fully saturated rings. The highest BCUT2D eigenvalue weighted by Gasteiger charge is 2.27. The van der Waals surface area contributed by atoms with Crippen molar-refractivity contribution in [1.82, 2.24) is 0 Å². The summed E-state index contributed by atoms with van der Waals surface area (Å²) < 4.78 is 5.14. The van der Waals surface area contributed by atoms with E-state index in [1.165, 1.54) is 36.6 Å². The Morgan fingerprint density at radius 1 is 1.39 bits per heavy atom. The van der Waals surface area contributed by atoms with Gasteiger partial charge in [-0.3, -0.25) is 14.9 Å². The highest BCUT2D eigenvalue weighted by atomic mass is 16.6. The molecule has 0 spiro atoms. The number of benzene rings is 1. The Morgan fingerprint density at radius 2 is 2.04 bits per heavy atom. The second-order valence-electron chi connectivity index (χ2n) is 6.47. The fraction of sp³-hybridized carbons (Fsp3) is 0.562. The number of quaternary nitrogens is 1. The van der Waals surface area contributed by atoms with Gasteiger partial charge < -0.3 is 15.0 Å². The fourth-order valence-corrected chi connectivity index (χ4v) is 3.39. The summed E-state index contributed by atoms with van der Waals surface area (Å²) >= 11 is 0. The van der Waals surface area contributed by atoms with Gasteiger partial charge in [-0.05, 0) is 12.5 Å². The van der Waals surface area contributed by atoms with Crippen molar-refractivity contribution in [3.8, 4) is 5.75 Å². The first-order valence-electron chi connectivity index (χ1n) is 7.85. The third kappa shape index (κ3) is 4.66. The van der Waals surface area contributed by atoms with Crippen molar-refractivity contribution in [3.63, 3.8) is 0 Å². The Hall–Kier alpha value is -2.15. The van der Waals surface area contributed by atoms with E-state index < -0.39 is 4.92 Å². The number of rotatable bonds is 5. The number of carbonyl (C=O) groups excluding carboxylic acids is 1. The standard InChI is InChI=1S/C16H23N3O4/c1-11-6-12(2)9-18(8-11)10-16(20)17-14-5-4-13(19(21)22)7-15(14)23-3/h4-5,7,11-12H,6,8-10H2,1-3H3,(H,17,20)/p+1/t11-,12-/m1/s1. The van der Waals surface area contributed by atoms with Crippen molar-refractivity contribution in [2.75, 3.05) is 32.1 Å². The molecule has 2 atom stereocenters. The normalized spacial score (nSPS) is 24.0. The van der Waals surface area contributed by atoms with E-state index in [0.717, 1.165) is 13.1 Å². The zero-order chi connectivity index (χ0) is 17.0. The molecule has 2 rings (SSSR count). The number of carbonyl (C=O) groups is 1. The van der Waals surface area contributed by atoms with Gasteiger partial charge >= 0.3 is 0 Å². The van der Waals surface area contributed by atoms with Gasteiger partial charge in [0.05, 0.1) is 36.9 Å². The molecule has 2 N–H and O–H groups in total. The summed E-state index contributed by atoms with van der Waals surface area (Å²) in [5.74, 6) is 1.43. The summed E-state index contributed by atoms with van der Waals surface area (Å²) in [5, 5.41) is 13.6. The molecule has 0 aromatic heterocycles. The van der Waals surface area contributed by atoms with Crippen molar-refractivity contribution >= 4 is 17.3 Å². The van der Waals surface area contributed by atoms with Crippen LogP contribution in [0.4, 0.5) is 11.4 Å². The largest absolute Gasteiger partial charge is 0.494 e. The number of nitro groups is 1. The number of likely N-dealkylation sites (tertiary alicyclic amines) is 1. The number of ether oxygens (including phenoxy) is 1. The second kappa shape index (κ2) is 7.41. The highest BCUT2D eigenvalue weighted by molar-refractivity contribution is 5.93. The van der Waals surface area contributed by atoms with E-state index >= 15 is 0 Å². The molecule has 23 heavy (non-hydrogen) atoms. The molecule has 1 aliphatic rings. The van der Waals surface area contributed by atoms with Crippen molar-refractivity contribution in [2.45, 2.75) is 20.3 Å². The lowest BCUT2D eigenvalue weighted by Crippen LogP contribution is -3.15. The molecule has 1 aromatic rings. The first kappa shape index (κ1) is 17.2. The van der Waals surface area contributed by atoms with E-state index in [0.29, 0.717) is 29.8 Å². The number of nitro benzene ring substituents is 1. The zero-order valence-electron chi connectivity index (χ0n) is 13.8. The molecule has 0 aliphatic carbocycles. The van der Waals surface area contributed by atoms with E-state index in [2.05, 4.69) is 19.2 Å². The fourth-order valence-electron chi connectivity index (χ4n) is 3.39. The Bertz CT molecular complexity index is 581. The van der Waals surface area contributed by atoms with Crippen LogP contribution in [0, 0.1) is 22.0 Å². The molecule has 1 amide bonds. The Kier molecular flexibility index (Phi) is 5.54. The van der Waals surface area contributed by atoms with Gasteiger partial charge in [-0.1, -0.05) is 13.8 Å². The van der Waals surface area contributed by atoms with Crippen LogP contribution in [-0.2, 0) is 4.79 Å². The topological polar surface area (TPSA) is 85.9 Å². The molecule has 0 saturated carbocycles. The molecular formula is C16H24N3O4+. The maximum Gasteiger partial charge on any atom is 0.279 e. The molecule has 126 valence electrons. The van der Waals surface area contributed by atoms with Crippen LogP contribution < -0.4 is 15.0 Å². The molecule has 0 radical (unpaired) electrons. The summed E-state index contributed by atoms with van der Waals surface area (Å²) in [6, 6.07) is 4.18. The molecule has 1 aliphatic heterocycles. The quantitative estimate of drug-likeness (QED) is 0.628. The van der Waals surface area contributed by atoms with Crippen LogP contribution in [0.2, 0.25) is 0 Å². The van der Waals surface area contributed by atoms with Crippen molar-refractivity contribution in [3.05, 3.63) is 28.3 Å². The molecule has 0 unspecified atom stereocenters. The molecule has 7 nitrogen and oxygen atoms in total. The molecular weight excluding hydrogens is 298 g/mol. The number of nitrogens with zero attached hydrogens (tertiary/aromatic N) is 1. The minimum absolute atomic E-state index is 0.0656. The summed E-state index contributed by atoms with van der Waals surface area (Å²) in [7, 11) is 1.42. The van der Waals surface area contributed by atoms with Crippen LogP contribution in [0.25, 0.3) is 0 Å². The van der Waals surface area contributed by atoms with Crippen molar-refractivity contribution in [1.29, 1.82) is 0 Å². The second-order valence-corrected chi connectivity index (χ2v) is 6.47. The van der Waals surface area contributed by atoms with Crippen LogP contribution in [0.15, 0.2) is 18.2 Å². The number of amides is 1. The van der Waals surface area contributed by atoms with Crippen LogP contribution in [0.3, 0.4) is 0 Å². The Labute approximate surface area is 135 Å². The number of hydrogen-bond acceptors (Lipinski definition) is 4. The third-order valence-electron chi connectivity index (χ3n) is 4.16. The molecule has 1 saturated heterocycles. The highest BCUT2D eigenvalue weighted by Crippen LogP contribution is 2.28. The van der Waals surface area contributed by atoms with Crippen molar-refractivity contribution in [2.24, 2.45) is 11.8 Å². The van der Waals surface area contributed by atoms with E-state index in [1.807, 2.05) is 0 Å². The molecule has 1 aromatic carbocycles. The summed E-state index contributed by atoms with van der Waals surface area (Å²) in [4.78, 5) is 23.8. The van der Waals surface area contributed by atoms with Crippen molar-refractivity contribution < 1.29 is 19.4 Å². The number of non-ortho nitro benzene ring substituents is 1. The third-order valence-corrected chi connectivity index (χ3v) is 4.16. The maximum atomic E-state index is 12.3. The lowest BCUT2D eigenvalue weighted by molar-refractivity contribution is -0.904. The predicted molar refractivity (Wildman–Crippen MR) is 86.8 cm³/mol. The maximum absolute atomic E-state index is 12.3. The van der Waals surface area contributed by atoms with Crippen LogP contribution in [0.1, 0.15) is 20.3 Å². The van der Waals surface area contributed by atoms with Gasteiger partial charge in [-0.15, -0.1) is 0 Å². The van der Waals surface area contributed by atoms with Gasteiger partial charge in [-0.25, -0.2) is 0 Å². The Morgan fingerprint density at radius 3 is 2.61 bits per heavy atom. The molecule has 1 heterocycles. The average molecular weight is 322 g/mol. The lowest BCUT2D eigenvalue weighted by Gasteiger charge is -2.31. The smallest absolute Gasteiger partial charge is 0.279 e. The average Bonchev–Trinajstić information content (AvgIpc) is 2.46. The monoisotopic (exact) mass is 322 g/mol. The minimum atomic E-state index is -0.491. The predicted octanol–water partition coefficient (Wildman–Crippen LogP) is 1.10. The zero-order valence-corrected chi connectivity index (χ0v) is 13.8. The van der Waals surface area contributed by atoms with E-state index in [1.54, 1.807) is 0 Å². The summed E-state index contributed by atoms with van der Waals surface area (Å²) in [6.07, 6.45) is 1.21. The van der Waals surface area contributed by atoms with E-state index in [-0.39, 0.29) is 11.6 Å². The van der Waals surface area contributed by atoms with Crippen LogP contribution >= 0.6 is 0 Å². The van der Waals surface area contributed by atoms with Gasteiger partial charge in [0.2, 0.25) is 0 Å². The van der Waals surface area contributed by atoms with Gasteiger partial charge in [0.25, 0.3) is 11.6 Å². The summed E-state index contributed by atoms with van der Waals surface area (Å²) in [5.41, 5.74) is 0.393. The first-order valence-corrected chi connectivity index (χ1v) is 7.85. The van der Waals surface area contributed by atoms with Gasteiger partial charge in [0, 0.05) is 17.9 Å². The van der Waals surface area contributed by atoms with E-state index in [4.69, 9.17) is 4.74 Å². The lowest BCUT2D eigenvalue weighted by atomic mass is 9.92. The number of anilines is 1. The van der Waals surface area contributed by atoms with Gasteiger partial charge in [0.1, 0.15) is 5.75 Å². The molecule has 0 bridgehead atoms. The first-order chi connectivity index (χ1) is 10.9.